The topological polar surface area (TPSA) is 70.2 Å². The highest BCUT2D eigenvalue weighted by Gasteiger charge is 2.23. The first-order valence-electron chi connectivity index (χ1n) is 8.51. The predicted molar refractivity (Wildman–Crippen MR) is 111 cm³/mol. The van der Waals surface area contributed by atoms with Crippen LogP contribution in [0.2, 0.25) is 5.02 Å². The third kappa shape index (κ3) is 5.11. The number of benzene rings is 2. The number of nitrogens with one attached hydrogen (secondary N) is 3. The average molecular weight is 386 g/mol. The Morgan fingerprint density at radius 1 is 1.11 bits per heavy atom. The Balaban J connectivity index is 2.16. The summed E-state index contributed by atoms with van der Waals surface area (Å²) in [5.41, 5.74) is 3.11. The van der Waals surface area contributed by atoms with Crippen molar-refractivity contribution >= 4 is 34.8 Å². The molecule has 0 radical (unpaired) electrons. The van der Waals surface area contributed by atoms with Crippen LogP contribution in [0.1, 0.15) is 42.3 Å². The highest BCUT2D eigenvalue weighted by Crippen LogP contribution is 2.24. The van der Waals surface area contributed by atoms with Gasteiger partial charge in [0.1, 0.15) is 0 Å². The normalized spacial score (nSPS) is 10.9. The molecule has 0 aliphatic heterocycles. The molecular formula is C21H24ClN3O2. The number of hydrogen-bond acceptors (Lipinski definition) is 2. The lowest BCUT2D eigenvalue weighted by Crippen LogP contribution is -2.43. The minimum absolute atomic E-state index is 0.297. The van der Waals surface area contributed by atoms with E-state index < -0.39 is 5.54 Å². The summed E-state index contributed by atoms with van der Waals surface area (Å²) in [6.45, 7) is 9.74. The zero-order valence-corrected chi connectivity index (χ0v) is 16.7. The van der Waals surface area contributed by atoms with Crippen LogP contribution < -0.4 is 16.0 Å². The van der Waals surface area contributed by atoms with Crippen molar-refractivity contribution in [1.29, 1.82) is 0 Å². The lowest BCUT2D eigenvalue weighted by molar-refractivity contribution is 0.0963. The molecule has 27 heavy (non-hydrogen) atoms. The number of hydrogen-bond donors (Lipinski definition) is 3. The van der Waals surface area contributed by atoms with Crippen LogP contribution >= 0.6 is 11.6 Å². The zero-order chi connectivity index (χ0) is 20.2. The maximum Gasteiger partial charge on any atom is 0.319 e. The van der Waals surface area contributed by atoms with E-state index in [9.17, 15) is 9.59 Å². The monoisotopic (exact) mass is 385 g/mol. The lowest BCUT2D eigenvalue weighted by atomic mass is 9.92. The Morgan fingerprint density at radius 2 is 1.81 bits per heavy atom. The summed E-state index contributed by atoms with van der Waals surface area (Å²) in [4.78, 5) is 24.3. The van der Waals surface area contributed by atoms with E-state index in [-0.39, 0.29) is 11.9 Å². The molecule has 3 amide bonds. The summed E-state index contributed by atoms with van der Waals surface area (Å²) in [6.07, 6.45) is 0. The Kier molecular flexibility index (Phi) is 6.28. The molecule has 5 nitrogen and oxygen atoms in total. The molecule has 0 aliphatic carbocycles. The van der Waals surface area contributed by atoms with Crippen molar-refractivity contribution in [3.8, 4) is 0 Å². The van der Waals surface area contributed by atoms with Crippen molar-refractivity contribution in [1.82, 2.24) is 10.6 Å². The van der Waals surface area contributed by atoms with Crippen molar-refractivity contribution in [2.45, 2.75) is 26.3 Å². The second-order valence-corrected chi connectivity index (χ2v) is 7.25. The van der Waals surface area contributed by atoms with Crippen molar-refractivity contribution in [3.63, 3.8) is 0 Å². The van der Waals surface area contributed by atoms with E-state index in [1.165, 1.54) is 13.1 Å². The van der Waals surface area contributed by atoms with Crippen LogP contribution in [0.25, 0.3) is 5.57 Å². The fourth-order valence-electron chi connectivity index (χ4n) is 2.60. The molecule has 3 N–H and O–H groups in total. The number of carbonyl (C=O) groups excluding carboxylic acids is 2. The fourth-order valence-corrected chi connectivity index (χ4v) is 2.81. The van der Waals surface area contributed by atoms with Gasteiger partial charge >= 0.3 is 6.03 Å². The molecule has 0 fully saturated rings. The number of urea groups is 1. The predicted octanol–water partition coefficient (Wildman–Crippen LogP) is 4.79. The molecule has 0 aromatic heterocycles. The quantitative estimate of drug-likeness (QED) is 0.692. The van der Waals surface area contributed by atoms with Crippen LogP contribution in [-0.4, -0.2) is 19.0 Å². The van der Waals surface area contributed by atoms with Gasteiger partial charge < -0.3 is 16.0 Å². The molecule has 0 unspecified atom stereocenters. The van der Waals surface area contributed by atoms with Gasteiger partial charge in [-0.05, 0) is 56.2 Å². The molecule has 0 atom stereocenters. The smallest absolute Gasteiger partial charge is 0.319 e. The minimum Gasteiger partial charge on any atom is -0.355 e. The van der Waals surface area contributed by atoms with Gasteiger partial charge in [-0.1, -0.05) is 42.0 Å². The number of halogens is 1. The minimum atomic E-state index is -0.606. The van der Waals surface area contributed by atoms with E-state index in [0.29, 0.717) is 16.3 Å². The summed E-state index contributed by atoms with van der Waals surface area (Å²) in [5.74, 6) is -0.319. The highest BCUT2D eigenvalue weighted by molar-refractivity contribution is 6.34. The van der Waals surface area contributed by atoms with Crippen LogP contribution in [0.3, 0.4) is 0 Å². The van der Waals surface area contributed by atoms with Crippen molar-refractivity contribution in [2.24, 2.45) is 0 Å². The second-order valence-electron chi connectivity index (χ2n) is 6.84. The second kappa shape index (κ2) is 8.27. The maximum absolute atomic E-state index is 12.5. The van der Waals surface area contributed by atoms with Gasteiger partial charge in [-0.25, -0.2) is 4.79 Å². The molecule has 0 heterocycles. The number of carbonyl (C=O) groups is 2. The van der Waals surface area contributed by atoms with Crippen LogP contribution in [0.5, 0.6) is 0 Å². The van der Waals surface area contributed by atoms with Gasteiger partial charge in [0.25, 0.3) is 5.91 Å². The fraction of sp³-hybridized carbons (Fsp3) is 0.238. The highest BCUT2D eigenvalue weighted by atomic mass is 35.5. The third-order valence-electron chi connectivity index (χ3n) is 4.20. The summed E-state index contributed by atoms with van der Waals surface area (Å²) in [5, 5.41) is 8.53. The van der Waals surface area contributed by atoms with Gasteiger partial charge in [-0.3, -0.25) is 4.79 Å². The summed E-state index contributed by atoms with van der Waals surface area (Å²) >= 11 is 6.04. The largest absolute Gasteiger partial charge is 0.355 e. The van der Waals surface area contributed by atoms with E-state index in [1.807, 2.05) is 45.0 Å². The standard InChI is InChI=1S/C21H24ClN3O2/c1-13(2)14-7-6-8-15(11-14)21(3,4)25-20(27)24-16-9-10-18(22)17(12-16)19(26)23-5/h6-12H,1H2,2-5H3,(H,23,26)(H2,24,25,27). The first-order chi connectivity index (χ1) is 12.6. The van der Waals surface area contributed by atoms with Gasteiger partial charge in [-0.15, -0.1) is 0 Å². The Labute approximate surface area is 164 Å². The van der Waals surface area contributed by atoms with Crippen LogP contribution in [0.15, 0.2) is 49.0 Å². The van der Waals surface area contributed by atoms with E-state index >= 15 is 0 Å². The number of allylic oxidation sites excluding steroid dienone is 1. The first kappa shape index (κ1) is 20.5. The summed E-state index contributed by atoms with van der Waals surface area (Å²) < 4.78 is 0. The van der Waals surface area contributed by atoms with Gasteiger partial charge in [0, 0.05) is 12.7 Å². The van der Waals surface area contributed by atoms with E-state index in [2.05, 4.69) is 22.5 Å². The lowest BCUT2D eigenvalue weighted by Gasteiger charge is -2.27. The summed E-state index contributed by atoms with van der Waals surface area (Å²) in [6, 6.07) is 12.3. The number of amides is 3. The molecule has 0 spiro atoms. The first-order valence-corrected chi connectivity index (χ1v) is 8.89. The van der Waals surface area contributed by atoms with E-state index in [0.717, 1.165) is 16.7 Å². The van der Waals surface area contributed by atoms with Crippen molar-refractivity contribution in [3.05, 3.63) is 70.8 Å². The molecule has 6 heteroatoms. The Hall–Kier alpha value is -2.79. The van der Waals surface area contributed by atoms with Crippen molar-refractivity contribution < 1.29 is 9.59 Å². The maximum atomic E-state index is 12.5. The van der Waals surface area contributed by atoms with Crippen molar-refractivity contribution in [2.75, 3.05) is 12.4 Å². The number of anilines is 1. The molecule has 0 bridgehead atoms. The van der Waals surface area contributed by atoms with Gasteiger partial charge in [-0.2, -0.15) is 0 Å². The van der Waals surface area contributed by atoms with Gasteiger partial charge in [0.05, 0.1) is 16.1 Å². The molecule has 0 saturated carbocycles. The molecule has 142 valence electrons. The summed E-state index contributed by atoms with van der Waals surface area (Å²) in [7, 11) is 1.52. The number of rotatable bonds is 5. The van der Waals surface area contributed by atoms with Gasteiger partial charge in [0.15, 0.2) is 0 Å². The average Bonchev–Trinajstić information content (AvgIpc) is 2.62. The van der Waals surface area contributed by atoms with Crippen LogP contribution in [0, 0.1) is 0 Å². The molecule has 2 rings (SSSR count). The zero-order valence-electron chi connectivity index (χ0n) is 15.9. The molecule has 0 aliphatic rings. The Bertz CT molecular complexity index is 891. The molecule has 0 saturated heterocycles. The SMILES string of the molecule is C=C(C)c1cccc(C(C)(C)NC(=O)Nc2ccc(Cl)c(C(=O)NC)c2)c1. The molecular weight excluding hydrogens is 362 g/mol. The van der Waals surface area contributed by atoms with E-state index in [4.69, 9.17) is 11.6 Å². The van der Waals surface area contributed by atoms with Gasteiger partial charge in [0.2, 0.25) is 0 Å². The van der Waals surface area contributed by atoms with E-state index in [1.54, 1.807) is 12.1 Å². The van der Waals surface area contributed by atoms with Crippen LogP contribution in [0.4, 0.5) is 10.5 Å². The molecule has 2 aromatic carbocycles. The van der Waals surface area contributed by atoms with Crippen LogP contribution in [-0.2, 0) is 5.54 Å². The molecule has 2 aromatic rings. The third-order valence-corrected chi connectivity index (χ3v) is 4.53. The Morgan fingerprint density at radius 3 is 2.44 bits per heavy atom.